The third-order valence-corrected chi connectivity index (χ3v) is 4.19. The highest BCUT2D eigenvalue weighted by Crippen LogP contribution is 2.31. The van der Waals surface area contributed by atoms with E-state index in [1.54, 1.807) is 0 Å². The quantitative estimate of drug-likeness (QED) is 0.682. The molecule has 0 fully saturated rings. The van der Waals surface area contributed by atoms with E-state index >= 15 is 0 Å². The fraction of sp³-hybridized carbons (Fsp3) is 0.200. The van der Waals surface area contributed by atoms with Crippen LogP contribution >= 0.6 is 11.6 Å². The Bertz CT molecular complexity index is 674. The summed E-state index contributed by atoms with van der Waals surface area (Å²) in [5, 5.41) is 14.1. The average Bonchev–Trinajstić information content (AvgIpc) is 2.62. The molecule has 0 aliphatic carbocycles. The molecule has 0 saturated carbocycles. The van der Waals surface area contributed by atoms with E-state index in [0.29, 0.717) is 0 Å². The van der Waals surface area contributed by atoms with Crippen molar-refractivity contribution in [3.63, 3.8) is 0 Å². The standard InChI is InChI=1S/C10H8ClFN2O4S/c11-7-3-10(14(15)16)9(4-8(7)12)13-6-1-2-19(17,18)5-6/h1-4,6,13H,5H2. The first kappa shape index (κ1) is 13.8. The summed E-state index contributed by atoms with van der Waals surface area (Å²) < 4.78 is 35.7. The number of anilines is 1. The minimum absolute atomic E-state index is 0.112. The number of nitrogens with zero attached hydrogens (tertiary/aromatic N) is 1. The third-order valence-electron chi connectivity index (χ3n) is 2.51. The van der Waals surface area contributed by atoms with Crippen molar-refractivity contribution in [2.75, 3.05) is 11.1 Å². The van der Waals surface area contributed by atoms with Gasteiger partial charge in [0, 0.05) is 17.5 Å². The molecule has 1 aromatic carbocycles. The Hall–Kier alpha value is -1.67. The number of rotatable bonds is 3. The number of nitrogens with one attached hydrogen (secondary N) is 1. The molecule has 2 rings (SSSR count). The van der Waals surface area contributed by atoms with Crippen molar-refractivity contribution in [1.29, 1.82) is 0 Å². The van der Waals surface area contributed by atoms with E-state index in [1.807, 2.05) is 0 Å². The monoisotopic (exact) mass is 306 g/mol. The number of benzene rings is 1. The number of hydrogen-bond acceptors (Lipinski definition) is 5. The molecule has 1 aromatic rings. The lowest BCUT2D eigenvalue weighted by molar-refractivity contribution is -0.384. The third kappa shape index (κ3) is 3.02. The predicted molar refractivity (Wildman–Crippen MR) is 68.4 cm³/mol. The minimum Gasteiger partial charge on any atom is -0.372 e. The van der Waals surface area contributed by atoms with Crippen molar-refractivity contribution in [2.24, 2.45) is 0 Å². The number of hydrogen-bond donors (Lipinski definition) is 1. The summed E-state index contributed by atoms with van der Waals surface area (Å²) >= 11 is 5.47. The first-order valence-electron chi connectivity index (χ1n) is 5.09. The molecule has 1 N–H and O–H groups in total. The van der Waals surface area contributed by atoms with Crippen LogP contribution in [-0.2, 0) is 9.84 Å². The number of sulfone groups is 1. The van der Waals surface area contributed by atoms with Crippen LogP contribution in [0.15, 0.2) is 23.6 Å². The molecule has 6 nitrogen and oxygen atoms in total. The van der Waals surface area contributed by atoms with Gasteiger partial charge in [0.05, 0.1) is 21.7 Å². The number of nitro benzene ring substituents is 1. The summed E-state index contributed by atoms with van der Waals surface area (Å²) in [5.41, 5.74) is -0.525. The molecule has 0 radical (unpaired) electrons. The molecule has 1 heterocycles. The van der Waals surface area contributed by atoms with Crippen LogP contribution in [0.25, 0.3) is 0 Å². The Morgan fingerprint density at radius 2 is 2.16 bits per heavy atom. The molecule has 0 bridgehead atoms. The van der Waals surface area contributed by atoms with Gasteiger partial charge in [0.15, 0.2) is 9.84 Å². The van der Waals surface area contributed by atoms with Gasteiger partial charge in [-0.1, -0.05) is 17.7 Å². The van der Waals surface area contributed by atoms with E-state index in [1.165, 1.54) is 6.08 Å². The van der Waals surface area contributed by atoms with Crippen molar-refractivity contribution < 1.29 is 17.7 Å². The van der Waals surface area contributed by atoms with Crippen LogP contribution in [0.5, 0.6) is 0 Å². The molecule has 102 valence electrons. The molecule has 1 unspecified atom stereocenters. The van der Waals surface area contributed by atoms with Gasteiger partial charge in [-0.15, -0.1) is 0 Å². The zero-order valence-electron chi connectivity index (χ0n) is 9.34. The second-order valence-electron chi connectivity index (χ2n) is 3.95. The molecule has 19 heavy (non-hydrogen) atoms. The highest BCUT2D eigenvalue weighted by atomic mass is 35.5. The minimum atomic E-state index is -3.30. The fourth-order valence-electron chi connectivity index (χ4n) is 1.67. The Kier molecular flexibility index (Phi) is 3.46. The van der Waals surface area contributed by atoms with Crippen molar-refractivity contribution in [2.45, 2.75) is 6.04 Å². The van der Waals surface area contributed by atoms with Gasteiger partial charge < -0.3 is 5.32 Å². The van der Waals surface area contributed by atoms with Crippen LogP contribution < -0.4 is 5.32 Å². The Balaban J connectivity index is 2.33. The second kappa shape index (κ2) is 4.78. The van der Waals surface area contributed by atoms with Gasteiger partial charge >= 0.3 is 0 Å². The first-order chi connectivity index (χ1) is 8.78. The summed E-state index contributed by atoms with van der Waals surface area (Å²) in [7, 11) is -3.30. The van der Waals surface area contributed by atoms with Gasteiger partial charge in [0.25, 0.3) is 5.69 Å². The fourth-order valence-corrected chi connectivity index (χ4v) is 3.06. The van der Waals surface area contributed by atoms with Crippen LogP contribution in [0.1, 0.15) is 0 Å². The van der Waals surface area contributed by atoms with E-state index in [9.17, 15) is 22.9 Å². The summed E-state index contributed by atoms with van der Waals surface area (Å²) in [6, 6.07) is 1.12. The zero-order valence-corrected chi connectivity index (χ0v) is 10.9. The molecule has 1 aliphatic rings. The maximum atomic E-state index is 13.3. The highest BCUT2D eigenvalue weighted by molar-refractivity contribution is 7.94. The van der Waals surface area contributed by atoms with Crippen molar-refractivity contribution in [3.8, 4) is 0 Å². The maximum absolute atomic E-state index is 13.3. The van der Waals surface area contributed by atoms with Crippen molar-refractivity contribution >= 4 is 32.8 Å². The van der Waals surface area contributed by atoms with Gasteiger partial charge in [-0.25, -0.2) is 12.8 Å². The molecule has 0 aromatic heterocycles. The van der Waals surface area contributed by atoms with E-state index in [0.717, 1.165) is 17.5 Å². The summed E-state index contributed by atoms with van der Waals surface area (Å²) in [6.45, 7) is 0. The lowest BCUT2D eigenvalue weighted by Gasteiger charge is -2.12. The van der Waals surface area contributed by atoms with Gasteiger partial charge in [-0.2, -0.15) is 0 Å². The van der Waals surface area contributed by atoms with Crippen molar-refractivity contribution in [1.82, 2.24) is 0 Å². The SMILES string of the molecule is O=[N+]([O-])c1cc(Cl)c(F)cc1NC1C=CS(=O)(=O)C1. The van der Waals surface area contributed by atoms with E-state index in [4.69, 9.17) is 11.6 Å². The first-order valence-corrected chi connectivity index (χ1v) is 7.19. The number of nitro groups is 1. The maximum Gasteiger partial charge on any atom is 0.294 e. The lowest BCUT2D eigenvalue weighted by Crippen LogP contribution is -2.21. The molecule has 0 amide bonds. The highest BCUT2D eigenvalue weighted by Gasteiger charge is 2.25. The number of halogens is 2. The normalized spacial score (nSPS) is 20.4. The summed E-state index contributed by atoms with van der Waals surface area (Å²) in [4.78, 5) is 10.1. The molecule has 0 spiro atoms. The van der Waals surface area contributed by atoms with Crippen molar-refractivity contribution in [3.05, 3.63) is 44.6 Å². The average molecular weight is 307 g/mol. The van der Waals surface area contributed by atoms with Gasteiger partial charge in [0.2, 0.25) is 0 Å². The van der Waals surface area contributed by atoms with Crippen LogP contribution in [0.4, 0.5) is 15.8 Å². The molecular formula is C10H8ClFN2O4S. The second-order valence-corrected chi connectivity index (χ2v) is 6.29. The van der Waals surface area contributed by atoms with Gasteiger partial charge in [0.1, 0.15) is 11.5 Å². The molecule has 1 aliphatic heterocycles. The van der Waals surface area contributed by atoms with E-state index in [2.05, 4.69) is 5.32 Å². The Morgan fingerprint density at radius 3 is 2.68 bits per heavy atom. The lowest BCUT2D eigenvalue weighted by atomic mass is 10.2. The summed E-state index contributed by atoms with van der Waals surface area (Å²) in [6.07, 6.45) is 1.35. The van der Waals surface area contributed by atoms with E-state index < -0.39 is 32.3 Å². The van der Waals surface area contributed by atoms with E-state index in [-0.39, 0.29) is 16.5 Å². The molecular weight excluding hydrogens is 299 g/mol. The van der Waals surface area contributed by atoms with Crippen LogP contribution in [0.3, 0.4) is 0 Å². The van der Waals surface area contributed by atoms with Gasteiger partial charge in [-0.05, 0) is 0 Å². The Labute approximate surface area is 112 Å². The molecule has 0 saturated heterocycles. The predicted octanol–water partition coefficient (Wildman–Crippen LogP) is 2.11. The largest absolute Gasteiger partial charge is 0.372 e. The Morgan fingerprint density at radius 1 is 1.47 bits per heavy atom. The van der Waals surface area contributed by atoms with Crippen LogP contribution in [-0.4, -0.2) is 25.1 Å². The smallest absolute Gasteiger partial charge is 0.294 e. The topological polar surface area (TPSA) is 89.3 Å². The summed E-state index contributed by atoms with van der Waals surface area (Å²) in [5.74, 6) is -1.05. The van der Waals surface area contributed by atoms with Gasteiger partial charge in [-0.3, -0.25) is 10.1 Å². The van der Waals surface area contributed by atoms with Crippen LogP contribution in [0.2, 0.25) is 5.02 Å². The zero-order chi connectivity index (χ0) is 14.2. The molecule has 9 heteroatoms. The van der Waals surface area contributed by atoms with Crippen LogP contribution in [0, 0.1) is 15.9 Å². The molecule has 1 atom stereocenters.